The van der Waals surface area contributed by atoms with Crippen LogP contribution >= 0.6 is 0 Å². The summed E-state index contributed by atoms with van der Waals surface area (Å²) in [6, 6.07) is 7.68. The van der Waals surface area contributed by atoms with E-state index in [2.05, 4.69) is 10.3 Å². The lowest BCUT2D eigenvalue weighted by molar-refractivity contribution is 0.0866. The van der Waals surface area contributed by atoms with Gasteiger partial charge >= 0.3 is 0 Å². The number of aliphatic hydroxyl groups is 1. The summed E-state index contributed by atoms with van der Waals surface area (Å²) in [7, 11) is 0. The fourth-order valence-corrected chi connectivity index (χ4v) is 1.92. The molecule has 0 aliphatic heterocycles. The summed E-state index contributed by atoms with van der Waals surface area (Å²) in [5.41, 5.74) is 0.765. The third kappa shape index (κ3) is 2.74. The van der Waals surface area contributed by atoms with Gasteiger partial charge in [-0.25, -0.2) is 0 Å². The Bertz CT molecular complexity index is 621. The molecule has 100 valence electrons. The molecule has 0 aliphatic carbocycles. The van der Waals surface area contributed by atoms with Crippen LogP contribution in [0.4, 0.5) is 0 Å². The number of nitrogens with zero attached hydrogens (tertiary/aromatic N) is 1. The molecule has 0 spiro atoms. The molecule has 1 heterocycles. The number of pyridine rings is 1. The first-order valence-corrected chi connectivity index (χ1v) is 6.22. The Morgan fingerprint density at radius 1 is 1.32 bits per heavy atom. The lowest BCUT2D eigenvalue weighted by Gasteiger charge is -2.23. The Morgan fingerprint density at radius 3 is 2.58 bits per heavy atom. The molecule has 0 unspecified atom stereocenters. The molecule has 0 bridgehead atoms. The van der Waals surface area contributed by atoms with E-state index in [0.717, 1.165) is 16.3 Å². The first kappa shape index (κ1) is 13.5. The van der Waals surface area contributed by atoms with Crippen molar-refractivity contribution in [3.05, 3.63) is 41.7 Å². The Morgan fingerprint density at radius 2 is 1.95 bits per heavy atom. The number of nitrogens with one attached hydrogen (secondary N) is 1. The van der Waals surface area contributed by atoms with Crippen LogP contribution in [0.5, 0.6) is 0 Å². The highest BCUT2D eigenvalue weighted by Crippen LogP contribution is 2.20. The number of fused-ring (bicyclic) bond motifs is 1. The van der Waals surface area contributed by atoms with Crippen LogP contribution in [0, 0.1) is 6.92 Å². The molecular weight excluding hydrogens is 240 g/mol. The zero-order valence-corrected chi connectivity index (χ0v) is 11.4. The molecule has 0 aliphatic rings. The van der Waals surface area contributed by atoms with E-state index in [1.54, 1.807) is 20.0 Å². The van der Waals surface area contributed by atoms with Gasteiger partial charge in [0.1, 0.15) is 5.69 Å². The number of benzene rings is 1. The molecule has 2 aromatic rings. The van der Waals surface area contributed by atoms with Crippen molar-refractivity contribution in [2.45, 2.75) is 26.3 Å². The maximum atomic E-state index is 12.3. The van der Waals surface area contributed by atoms with Crippen molar-refractivity contribution in [3.8, 4) is 0 Å². The minimum Gasteiger partial charge on any atom is -0.394 e. The molecule has 1 aromatic heterocycles. The molecule has 0 fully saturated rings. The second kappa shape index (κ2) is 4.97. The van der Waals surface area contributed by atoms with Gasteiger partial charge in [-0.1, -0.05) is 24.3 Å². The molecule has 1 amide bonds. The standard InChI is InChI=1S/C15H18N2O2/c1-10-8-16-13(12-7-5-4-6-11(10)12)14(19)17-15(2,3)9-18/h4-8,18H,9H2,1-3H3,(H,17,19). The summed E-state index contributed by atoms with van der Waals surface area (Å²) in [6.45, 7) is 5.37. The number of amides is 1. The molecule has 19 heavy (non-hydrogen) atoms. The maximum Gasteiger partial charge on any atom is 0.271 e. The van der Waals surface area contributed by atoms with Crippen LogP contribution in [0.15, 0.2) is 30.5 Å². The van der Waals surface area contributed by atoms with Gasteiger partial charge in [0, 0.05) is 11.6 Å². The van der Waals surface area contributed by atoms with Crippen LogP contribution in [-0.4, -0.2) is 28.1 Å². The van der Waals surface area contributed by atoms with Gasteiger partial charge in [0.15, 0.2) is 0 Å². The average Bonchev–Trinajstić information content (AvgIpc) is 2.39. The summed E-state index contributed by atoms with van der Waals surface area (Å²) >= 11 is 0. The summed E-state index contributed by atoms with van der Waals surface area (Å²) in [4.78, 5) is 16.5. The molecule has 0 atom stereocenters. The second-order valence-electron chi connectivity index (χ2n) is 5.33. The summed E-state index contributed by atoms with van der Waals surface area (Å²) < 4.78 is 0. The van der Waals surface area contributed by atoms with Crippen LogP contribution in [0.2, 0.25) is 0 Å². The van der Waals surface area contributed by atoms with Gasteiger partial charge in [0.05, 0.1) is 12.1 Å². The number of carbonyl (C=O) groups is 1. The Kier molecular flexibility index (Phi) is 3.53. The van der Waals surface area contributed by atoms with E-state index in [9.17, 15) is 9.90 Å². The van der Waals surface area contributed by atoms with Crippen LogP contribution in [-0.2, 0) is 0 Å². The number of hydrogen-bond acceptors (Lipinski definition) is 3. The smallest absolute Gasteiger partial charge is 0.271 e. The summed E-state index contributed by atoms with van der Waals surface area (Å²) in [5, 5.41) is 13.8. The first-order valence-electron chi connectivity index (χ1n) is 6.22. The number of hydrogen-bond donors (Lipinski definition) is 2. The van der Waals surface area contributed by atoms with Crippen LogP contribution in [0.3, 0.4) is 0 Å². The van der Waals surface area contributed by atoms with Crippen molar-refractivity contribution in [1.82, 2.24) is 10.3 Å². The highest BCUT2D eigenvalue weighted by atomic mass is 16.3. The largest absolute Gasteiger partial charge is 0.394 e. The van der Waals surface area contributed by atoms with E-state index >= 15 is 0 Å². The predicted octanol–water partition coefficient (Wildman–Crippen LogP) is 2.04. The summed E-state index contributed by atoms with van der Waals surface area (Å²) in [5.74, 6) is -0.268. The third-order valence-corrected chi connectivity index (χ3v) is 3.06. The number of aromatic nitrogens is 1. The van der Waals surface area contributed by atoms with E-state index in [4.69, 9.17) is 0 Å². The predicted molar refractivity (Wildman–Crippen MR) is 75.1 cm³/mol. The van der Waals surface area contributed by atoms with E-state index in [-0.39, 0.29) is 12.5 Å². The van der Waals surface area contributed by atoms with Crippen molar-refractivity contribution in [2.75, 3.05) is 6.61 Å². The maximum absolute atomic E-state index is 12.3. The molecule has 1 aromatic carbocycles. The molecule has 0 saturated heterocycles. The van der Waals surface area contributed by atoms with E-state index in [0.29, 0.717) is 5.69 Å². The van der Waals surface area contributed by atoms with Gasteiger partial charge < -0.3 is 10.4 Å². The molecule has 2 N–H and O–H groups in total. The molecule has 0 radical (unpaired) electrons. The molecule has 4 heteroatoms. The number of carbonyl (C=O) groups excluding carboxylic acids is 1. The molecular formula is C15H18N2O2. The van der Waals surface area contributed by atoms with Crippen molar-refractivity contribution in [3.63, 3.8) is 0 Å². The fraction of sp³-hybridized carbons (Fsp3) is 0.333. The Labute approximate surface area is 112 Å². The third-order valence-electron chi connectivity index (χ3n) is 3.06. The second-order valence-corrected chi connectivity index (χ2v) is 5.33. The van der Waals surface area contributed by atoms with Gasteiger partial charge in [-0.05, 0) is 31.7 Å². The quantitative estimate of drug-likeness (QED) is 0.885. The lowest BCUT2D eigenvalue weighted by Crippen LogP contribution is -2.46. The van der Waals surface area contributed by atoms with Crippen LogP contribution in [0.25, 0.3) is 10.8 Å². The highest BCUT2D eigenvalue weighted by molar-refractivity contribution is 6.06. The fourth-order valence-electron chi connectivity index (χ4n) is 1.92. The van der Waals surface area contributed by atoms with E-state index in [1.807, 2.05) is 31.2 Å². The average molecular weight is 258 g/mol. The zero-order chi connectivity index (χ0) is 14.0. The van der Waals surface area contributed by atoms with Crippen LogP contribution in [0.1, 0.15) is 29.9 Å². The van der Waals surface area contributed by atoms with Crippen molar-refractivity contribution in [1.29, 1.82) is 0 Å². The summed E-state index contributed by atoms with van der Waals surface area (Å²) in [6.07, 6.45) is 1.70. The van der Waals surface area contributed by atoms with Gasteiger partial charge in [0.2, 0.25) is 0 Å². The van der Waals surface area contributed by atoms with Crippen molar-refractivity contribution < 1.29 is 9.90 Å². The highest BCUT2D eigenvalue weighted by Gasteiger charge is 2.22. The van der Waals surface area contributed by atoms with Crippen LogP contribution < -0.4 is 5.32 Å². The first-order chi connectivity index (χ1) is 8.94. The van der Waals surface area contributed by atoms with E-state index < -0.39 is 5.54 Å². The van der Waals surface area contributed by atoms with Gasteiger partial charge in [-0.15, -0.1) is 0 Å². The van der Waals surface area contributed by atoms with Gasteiger partial charge in [0.25, 0.3) is 5.91 Å². The monoisotopic (exact) mass is 258 g/mol. The topological polar surface area (TPSA) is 62.2 Å². The number of aliphatic hydroxyl groups excluding tert-OH is 1. The zero-order valence-electron chi connectivity index (χ0n) is 11.4. The lowest BCUT2D eigenvalue weighted by atomic mass is 10.0. The van der Waals surface area contributed by atoms with Gasteiger partial charge in [-0.2, -0.15) is 0 Å². The van der Waals surface area contributed by atoms with E-state index in [1.165, 1.54) is 0 Å². The van der Waals surface area contributed by atoms with Gasteiger partial charge in [-0.3, -0.25) is 9.78 Å². The Balaban J connectivity index is 2.46. The van der Waals surface area contributed by atoms with Crippen molar-refractivity contribution >= 4 is 16.7 Å². The molecule has 2 rings (SSSR count). The molecule has 4 nitrogen and oxygen atoms in total. The Hall–Kier alpha value is -1.94. The number of aryl methyl sites for hydroxylation is 1. The SMILES string of the molecule is Cc1cnc(C(=O)NC(C)(C)CO)c2ccccc12. The molecule has 0 saturated carbocycles. The minimum atomic E-state index is -0.662. The van der Waals surface area contributed by atoms with Crippen molar-refractivity contribution in [2.24, 2.45) is 0 Å². The normalized spacial score (nSPS) is 11.6. The number of rotatable bonds is 3. The minimum absolute atomic E-state index is 0.122.